The Labute approximate surface area is 141 Å². The summed E-state index contributed by atoms with van der Waals surface area (Å²) < 4.78 is 39.2. The summed E-state index contributed by atoms with van der Waals surface area (Å²) in [5.41, 5.74) is 7.37. The van der Waals surface area contributed by atoms with Gasteiger partial charge in [0.05, 0.1) is 0 Å². The third kappa shape index (κ3) is 3.97. The number of nitrogens with one attached hydrogen (secondary N) is 2. The Bertz CT molecular complexity index is 884. The van der Waals surface area contributed by atoms with E-state index in [4.69, 9.17) is 5.73 Å². The second-order valence-electron chi connectivity index (χ2n) is 5.22. The van der Waals surface area contributed by atoms with Gasteiger partial charge >= 0.3 is 0 Å². The standard InChI is InChI=1S/C17H14F3N5/c18-11-3-1-10(2-4-11)8-22-16-15(21)17(24-9-23-16)25-12-5-6-13(19)14(20)7-12/h1-7,9H,8,21H2,(H2,22,23,24,25). The van der Waals surface area contributed by atoms with E-state index in [0.717, 1.165) is 17.7 Å². The van der Waals surface area contributed by atoms with Gasteiger partial charge in [0.2, 0.25) is 0 Å². The summed E-state index contributed by atoms with van der Waals surface area (Å²) in [6, 6.07) is 9.37. The highest BCUT2D eigenvalue weighted by Gasteiger charge is 2.10. The van der Waals surface area contributed by atoms with Gasteiger partial charge in [-0.3, -0.25) is 0 Å². The molecule has 0 saturated carbocycles. The molecule has 0 saturated heterocycles. The summed E-state index contributed by atoms with van der Waals surface area (Å²) in [7, 11) is 0. The zero-order chi connectivity index (χ0) is 17.8. The SMILES string of the molecule is Nc1c(NCc2ccc(F)cc2)ncnc1Nc1ccc(F)c(F)c1. The van der Waals surface area contributed by atoms with Crippen LogP contribution < -0.4 is 16.4 Å². The predicted molar refractivity (Wildman–Crippen MR) is 89.8 cm³/mol. The first kappa shape index (κ1) is 16.6. The smallest absolute Gasteiger partial charge is 0.160 e. The zero-order valence-corrected chi connectivity index (χ0v) is 12.9. The highest BCUT2D eigenvalue weighted by molar-refractivity contribution is 5.77. The lowest BCUT2D eigenvalue weighted by molar-refractivity contribution is 0.509. The van der Waals surface area contributed by atoms with E-state index in [9.17, 15) is 13.2 Å². The van der Waals surface area contributed by atoms with Crippen molar-refractivity contribution in [2.24, 2.45) is 0 Å². The maximum atomic E-state index is 13.3. The van der Waals surface area contributed by atoms with E-state index in [-0.39, 0.29) is 17.3 Å². The van der Waals surface area contributed by atoms with Crippen molar-refractivity contribution in [3.8, 4) is 0 Å². The van der Waals surface area contributed by atoms with E-state index in [1.807, 2.05) is 0 Å². The molecule has 1 aromatic heterocycles. The Balaban J connectivity index is 1.75. The number of anilines is 4. The molecule has 0 spiro atoms. The van der Waals surface area contributed by atoms with Gasteiger partial charge in [-0.15, -0.1) is 0 Å². The minimum atomic E-state index is -0.979. The average molecular weight is 345 g/mol. The van der Waals surface area contributed by atoms with Gasteiger partial charge in [0.1, 0.15) is 17.8 Å². The van der Waals surface area contributed by atoms with Crippen LogP contribution in [0.15, 0.2) is 48.8 Å². The molecule has 1 heterocycles. The molecular formula is C17H14F3N5. The first-order valence-corrected chi connectivity index (χ1v) is 7.34. The fourth-order valence-corrected chi connectivity index (χ4v) is 2.13. The first-order valence-electron chi connectivity index (χ1n) is 7.34. The number of benzene rings is 2. The van der Waals surface area contributed by atoms with Crippen molar-refractivity contribution in [3.05, 3.63) is 71.8 Å². The summed E-state index contributed by atoms with van der Waals surface area (Å²) in [5, 5.41) is 5.84. The zero-order valence-electron chi connectivity index (χ0n) is 12.9. The van der Waals surface area contributed by atoms with Crippen LogP contribution in [0.25, 0.3) is 0 Å². The molecule has 4 N–H and O–H groups in total. The molecule has 0 unspecified atom stereocenters. The van der Waals surface area contributed by atoms with Crippen LogP contribution in [0.2, 0.25) is 0 Å². The Morgan fingerprint density at radius 3 is 2.32 bits per heavy atom. The maximum Gasteiger partial charge on any atom is 0.160 e. The number of nitrogens with two attached hydrogens (primary N) is 1. The van der Waals surface area contributed by atoms with Gasteiger partial charge < -0.3 is 16.4 Å². The summed E-state index contributed by atoms with van der Waals surface area (Å²) >= 11 is 0. The van der Waals surface area contributed by atoms with Gasteiger partial charge in [0.25, 0.3) is 0 Å². The quantitative estimate of drug-likeness (QED) is 0.655. The lowest BCUT2D eigenvalue weighted by atomic mass is 10.2. The minimum Gasteiger partial charge on any atom is -0.393 e. The number of aromatic nitrogens is 2. The predicted octanol–water partition coefficient (Wildman–Crippen LogP) is 3.83. The topological polar surface area (TPSA) is 75.9 Å². The molecule has 0 fully saturated rings. The highest BCUT2D eigenvalue weighted by atomic mass is 19.2. The largest absolute Gasteiger partial charge is 0.393 e. The van der Waals surface area contributed by atoms with Crippen LogP contribution in [0.5, 0.6) is 0 Å². The van der Waals surface area contributed by atoms with Crippen LogP contribution in [0.1, 0.15) is 5.56 Å². The second kappa shape index (κ2) is 7.08. The molecule has 0 bridgehead atoms. The highest BCUT2D eigenvalue weighted by Crippen LogP contribution is 2.26. The molecule has 0 atom stereocenters. The molecule has 0 aliphatic heterocycles. The summed E-state index contributed by atoms with van der Waals surface area (Å²) in [6.45, 7) is 0.381. The summed E-state index contributed by atoms with van der Waals surface area (Å²) in [6.07, 6.45) is 1.28. The van der Waals surface area contributed by atoms with Crippen molar-refractivity contribution < 1.29 is 13.2 Å². The molecule has 0 amide bonds. The van der Waals surface area contributed by atoms with Crippen molar-refractivity contribution in [3.63, 3.8) is 0 Å². The first-order chi connectivity index (χ1) is 12.0. The van der Waals surface area contributed by atoms with Gasteiger partial charge in [0, 0.05) is 18.3 Å². The molecule has 0 aliphatic rings. The van der Waals surface area contributed by atoms with Gasteiger partial charge in [-0.05, 0) is 29.8 Å². The summed E-state index contributed by atoms with van der Waals surface area (Å²) in [5.74, 6) is -1.62. The van der Waals surface area contributed by atoms with Crippen LogP contribution in [-0.4, -0.2) is 9.97 Å². The number of nitrogen functional groups attached to an aromatic ring is 1. The Morgan fingerprint density at radius 2 is 1.60 bits per heavy atom. The lowest BCUT2D eigenvalue weighted by Gasteiger charge is -2.12. The fourth-order valence-electron chi connectivity index (χ4n) is 2.13. The van der Waals surface area contributed by atoms with E-state index < -0.39 is 11.6 Å². The number of halogens is 3. The van der Waals surface area contributed by atoms with Crippen molar-refractivity contribution in [1.82, 2.24) is 9.97 Å². The van der Waals surface area contributed by atoms with Gasteiger partial charge in [-0.1, -0.05) is 12.1 Å². The maximum absolute atomic E-state index is 13.3. The average Bonchev–Trinajstić information content (AvgIpc) is 2.60. The normalized spacial score (nSPS) is 10.5. The van der Waals surface area contributed by atoms with Crippen molar-refractivity contribution in [2.75, 3.05) is 16.4 Å². The van der Waals surface area contributed by atoms with Crippen LogP contribution >= 0.6 is 0 Å². The summed E-state index contributed by atoms with van der Waals surface area (Å²) in [4.78, 5) is 8.05. The van der Waals surface area contributed by atoms with E-state index in [1.54, 1.807) is 12.1 Å². The minimum absolute atomic E-state index is 0.217. The number of nitrogens with zero attached hydrogens (tertiary/aromatic N) is 2. The second-order valence-corrected chi connectivity index (χ2v) is 5.22. The molecule has 128 valence electrons. The van der Waals surface area contributed by atoms with E-state index >= 15 is 0 Å². The third-order valence-electron chi connectivity index (χ3n) is 3.44. The molecule has 5 nitrogen and oxygen atoms in total. The molecule has 0 radical (unpaired) electrons. The Morgan fingerprint density at radius 1 is 0.880 bits per heavy atom. The van der Waals surface area contributed by atoms with Crippen molar-refractivity contribution in [2.45, 2.75) is 6.54 Å². The third-order valence-corrected chi connectivity index (χ3v) is 3.44. The molecule has 0 aliphatic carbocycles. The van der Waals surface area contributed by atoms with Crippen LogP contribution in [0.3, 0.4) is 0 Å². The van der Waals surface area contributed by atoms with E-state index in [1.165, 1.54) is 24.5 Å². The van der Waals surface area contributed by atoms with E-state index in [2.05, 4.69) is 20.6 Å². The lowest BCUT2D eigenvalue weighted by Crippen LogP contribution is -2.08. The van der Waals surface area contributed by atoms with Gasteiger partial charge in [0.15, 0.2) is 23.3 Å². The Hall–Kier alpha value is -3.29. The molecule has 3 rings (SSSR count). The van der Waals surface area contributed by atoms with Crippen LogP contribution in [0, 0.1) is 17.5 Å². The fraction of sp³-hybridized carbons (Fsp3) is 0.0588. The molecule has 3 aromatic rings. The molecule has 8 heteroatoms. The molecule has 2 aromatic carbocycles. The van der Waals surface area contributed by atoms with Gasteiger partial charge in [-0.25, -0.2) is 23.1 Å². The van der Waals surface area contributed by atoms with Crippen molar-refractivity contribution in [1.29, 1.82) is 0 Å². The van der Waals surface area contributed by atoms with Crippen LogP contribution in [0.4, 0.5) is 36.2 Å². The number of rotatable bonds is 5. The number of hydrogen-bond donors (Lipinski definition) is 3. The molecular weight excluding hydrogens is 331 g/mol. The monoisotopic (exact) mass is 345 g/mol. The van der Waals surface area contributed by atoms with E-state index in [0.29, 0.717) is 18.1 Å². The number of hydrogen-bond acceptors (Lipinski definition) is 5. The van der Waals surface area contributed by atoms with Crippen molar-refractivity contribution >= 4 is 23.0 Å². The molecule has 25 heavy (non-hydrogen) atoms. The van der Waals surface area contributed by atoms with Gasteiger partial charge in [-0.2, -0.15) is 0 Å². The Kier molecular flexibility index (Phi) is 4.69. The van der Waals surface area contributed by atoms with Crippen LogP contribution in [-0.2, 0) is 6.54 Å².